The van der Waals surface area contributed by atoms with Crippen LogP contribution >= 0.6 is 0 Å². The van der Waals surface area contributed by atoms with E-state index in [2.05, 4.69) is 6.92 Å². The third kappa shape index (κ3) is 12.7. The van der Waals surface area contributed by atoms with Crippen LogP contribution in [0.4, 0.5) is 0 Å². The first kappa shape index (κ1) is 25.4. The molecule has 0 amide bonds. The molecule has 4 nitrogen and oxygen atoms in total. The Balaban J connectivity index is 3.62. The zero-order valence-corrected chi connectivity index (χ0v) is 18.0. The molecule has 2 N–H and O–H groups in total. The summed E-state index contributed by atoms with van der Waals surface area (Å²) in [6, 6.07) is -0.438. The van der Waals surface area contributed by atoms with Gasteiger partial charge in [0, 0.05) is 6.42 Å². The Kier molecular flexibility index (Phi) is 15.1. The maximum atomic E-state index is 11.3. The smallest absolute Gasteiger partial charge is 0.362 e. The molecular weight excluding hydrogens is 326 g/mol. The number of nitrogens with zero attached hydrogens (tertiary/aromatic N) is 1. The molecule has 2 atom stereocenters. The molecule has 0 spiro atoms. The first-order valence-electron chi connectivity index (χ1n) is 11.1. The molecule has 0 radical (unpaired) electrons. The first-order chi connectivity index (χ1) is 12.3. The molecule has 156 valence electrons. The summed E-state index contributed by atoms with van der Waals surface area (Å²) in [4.78, 5) is 11.3. The van der Waals surface area contributed by atoms with Crippen molar-refractivity contribution < 1.29 is 19.5 Å². The number of hydrogen-bond acceptors (Lipinski definition) is 2. The summed E-state index contributed by atoms with van der Waals surface area (Å²) in [5.74, 6) is -0.768. The maximum Gasteiger partial charge on any atom is 0.362 e. The van der Waals surface area contributed by atoms with Crippen LogP contribution in [0.25, 0.3) is 0 Å². The monoisotopic (exact) mass is 372 g/mol. The predicted molar refractivity (Wildman–Crippen MR) is 110 cm³/mol. The molecule has 4 heteroatoms. The number of unbranched alkanes of at least 4 members (excludes halogenated alkanes) is 11. The van der Waals surface area contributed by atoms with E-state index in [1.807, 2.05) is 21.0 Å². The molecule has 0 aromatic heterocycles. The van der Waals surface area contributed by atoms with Crippen LogP contribution in [0.3, 0.4) is 0 Å². The van der Waals surface area contributed by atoms with Crippen LogP contribution in [0.2, 0.25) is 0 Å². The second-order valence-electron chi connectivity index (χ2n) is 8.56. The highest BCUT2D eigenvalue weighted by atomic mass is 16.4. The Hall–Kier alpha value is -0.610. The molecule has 2 unspecified atom stereocenters. The van der Waals surface area contributed by atoms with E-state index < -0.39 is 18.1 Å². The van der Waals surface area contributed by atoms with E-state index in [1.165, 1.54) is 70.6 Å². The van der Waals surface area contributed by atoms with Crippen molar-refractivity contribution in [3.63, 3.8) is 0 Å². The van der Waals surface area contributed by atoms with Crippen LogP contribution in [0, 0.1) is 0 Å². The van der Waals surface area contributed by atoms with E-state index in [1.54, 1.807) is 0 Å². The van der Waals surface area contributed by atoms with Crippen molar-refractivity contribution in [3.05, 3.63) is 0 Å². The molecule has 0 aliphatic carbocycles. The molecular formula is C22H46NO3+. The number of aliphatic carboxylic acids is 1. The Morgan fingerprint density at radius 1 is 0.808 bits per heavy atom. The lowest BCUT2D eigenvalue weighted by Gasteiger charge is -2.36. The fourth-order valence-electron chi connectivity index (χ4n) is 3.95. The minimum Gasteiger partial charge on any atom is -0.477 e. The zero-order chi connectivity index (χ0) is 19.8. The van der Waals surface area contributed by atoms with Crippen molar-refractivity contribution in [1.29, 1.82) is 0 Å². The fraction of sp³-hybridized carbons (Fsp3) is 0.955. The van der Waals surface area contributed by atoms with E-state index in [-0.39, 0.29) is 0 Å². The SMILES string of the molecule is CCCCCCCCCCCCCCC(O)C[N+](C)(C)C(CC)C(=O)O. The van der Waals surface area contributed by atoms with Crippen molar-refractivity contribution in [2.24, 2.45) is 0 Å². The molecule has 0 aliphatic heterocycles. The summed E-state index contributed by atoms with van der Waals surface area (Å²) in [7, 11) is 3.82. The van der Waals surface area contributed by atoms with Crippen molar-refractivity contribution in [3.8, 4) is 0 Å². The number of hydrogen-bond donors (Lipinski definition) is 2. The van der Waals surface area contributed by atoms with Gasteiger partial charge in [0.15, 0.2) is 6.04 Å². The van der Waals surface area contributed by atoms with Gasteiger partial charge in [0.05, 0.1) is 14.1 Å². The van der Waals surface area contributed by atoms with Crippen LogP contribution < -0.4 is 0 Å². The number of carboxylic acid groups (broad SMARTS) is 1. The first-order valence-corrected chi connectivity index (χ1v) is 11.1. The van der Waals surface area contributed by atoms with E-state index in [0.717, 1.165) is 12.8 Å². The summed E-state index contributed by atoms with van der Waals surface area (Å²) in [6.45, 7) is 4.68. The van der Waals surface area contributed by atoms with Gasteiger partial charge >= 0.3 is 5.97 Å². The second-order valence-corrected chi connectivity index (χ2v) is 8.56. The van der Waals surface area contributed by atoms with Gasteiger partial charge in [-0.2, -0.15) is 0 Å². The topological polar surface area (TPSA) is 57.5 Å². The lowest BCUT2D eigenvalue weighted by Crippen LogP contribution is -2.55. The standard InChI is InChI=1S/C22H45NO3/c1-5-7-8-9-10-11-12-13-14-15-16-17-18-20(24)19-23(3,4)21(6-2)22(25)26/h20-21,24H,5-19H2,1-4H3/p+1. The minimum atomic E-state index is -0.768. The average Bonchev–Trinajstić information content (AvgIpc) is 2.55. The molecule has 0 heterocycles. The van der Waals surface area contributed by atoms with Gasteiger partial charge < -0.3 is 14.7 Å². The summed E-state index contributed by atoms with van der Waals surface area (Å²) in [5, 5.41) is 19.6. The van der Waals surface area contributed by atoms with Gasteiger partial charge in [-0.3, -0.25) is 0 Å². The Morgan fingerprint density at radius 3 is 1.62 bits per heavy atom. The molecule has 0 aliphatic rings. The van der Waals surface area contributed by atoms with E-state index in [0.29, 0.717) is 17.4 Å². The average molecular weight is 373 g/mol. The molecule has 0 rings (SSSR count). The van der Waals surface area contributed by atoms with Crippen LogP contribution in [-0.4, -0.2) is 53.5 Å². The molecule has 0 bridgehead atoms. The number of aliphatic hydroxyl groups excluding tert-OH is 1. The fourth-order valence-corrected chi connectivity index (χ4v) is 3.95. The van der Waals surface area contributed by atoms with E-state index in [9.17, 15) is 15.0 Å². The Labute approximate surface area is 162 Å². The number of carboxylic acids is 1. The molecule has 26 heavy (non-hydrogen) atoms. The van der Waals surface area contributed by atoms with Crippen molar-refractivity contribution in [1.82, 2.24) is 0 Å². The van der Waals surface area contributed by atoms with Crippen LogP contribution in [0.5, 0.6) is 0 Å². The van der Waals surface area contributed by atoms with Crippen molar-refractivity contribution in [2.45, 2.75) is 116 Å². The summed E-state index contributed by atoms with van der Waals surface area (Å²) >= 11 is 0. The maximum absolute atomic E-state index is 11.3. The number of rotatable bonds is 18. The van der Waals surface area contributed by atoms with Gasteiger partial charge in [-0.15, -0.1) is 0 Å². The largest absolute Gasteiger partial charge is 0.477 e. The second kappa shape index (κ2) is 15.4. The third-order valence-corrected chi connectivity index (χ3v) is 5.59. The number of quaternary nitrogens is 1. The molecule has 0 fully saturated rings. The van der Waals surface area contributed by atoms with Gasteiger partial charge in [-0.05, 0) is 6.42 Å². The Bertz CT molecular complexity index is 344. The van der Waals surface area contributed by atoms with Gasteiger partial charge in [0.1, 0.15) is 12.6 Å². The highest BCUT2D eigenvalue weighted by Crippen LogP contribution is 2.16. The number of likely N-dealkylation sites (N-methyl/N-ethyl adjacent to an activating group) is 1. The zero-order valence-electron chi connectivity index (χ0n) is 18.0. The van der Waals surface area contributed by atoms with Crippen molar-refractivity contribution in [2.75, 3.05) is 20.6 Å². The lowest BCUT2D eigenvalue weighted by atomic mass is 10.0. The highest BCUT2D eigenvalue weighted by Gasteiger charge is 2.34. The normalized spacial score (nSPS) is 14.3. The minimum absolute atomic E-state index is 0.352. The molecule has 0 aromatic rings. The molecule has 0 saturated heterocycles. The van der Waals surface area contributed by atoms with Gasteiger partial charge in [-0.25, -0.2) is 4.79 Å². The van der Waals surface area contributed by atoms with Crippen molar-refractivity contribution >= 4 is 5.97 Å². The summed E-state index contributed by atoms with van der Waals surface area (Å²) < 4.78 is 0.352. The lowest BCUT2D eigenvalue weighted by molar-refractivity contribution is -0.909. The van der Waals surface area contributed by atoms with Crippen LogP contribution in [-0.2, 0) is 4.79 Å². The van der Waals surface area contributed by atoms with Gasteiger partial charge in [-0.1, -0.05) is 90.9 Å². The predicted octanol–water partition coefficient (Wildman–Crippen LogP) is 5.38. The van der Waals surface area contributed by atoms with E-state index in [4.69, 9.17) is 0 Å². The van der Waals surface area contributed by atoms with E-state index >= 15 is 0 Å². The van der Waals surface area contributed by atoms with Gasteiger partial charge in [0.25, 0.3) is 0 Å². The number of aliphatic hydroxyl groups is 1. The Morgan fingerprint density at radius 2 is 1.23 bits per heavy atom. The van der Waals surface area contributed by atoms with Crippen LogP contribution in [0.1, 0.15) is 104 Å². The molecule has 0 saturated carbocycles. The third-order valence-electron chi connectivity index (χ3n) is 5.59. The quantitative estimate of drug-likeness (QED) is 0.251. The number of carbonyl (C=O) groups is 1. The summed E-state index contributed by atoms with van der Waals surface area (Å²) in [5.41, 5.74) is 0. The summed E-state index contributed by atoms with van der Waals surface area (Å²) in [6.07, 6.45) is 16.8. The molecule has 0 aromatic carbocycles. The highest BCUT2D eigenvalue weighted by molar-refractivity contribution is 5.72. The van der Waals surface area contributed by atoms with Gasteiger partial charge in [0.2, 0.25) is 0 Å². The van der Waals surface area contributed by atoms with Crippen LogP contribution in [0.15, 0.2) is 0 Å².